The number of anilines is 2. The number of halogens is 2. The number of nitrogens with one attached hydrogen (secondary N) is 1. The Labute approximate surface area is 107 Å². The predicted molar refractivity (Wildman–Crippen MR) is 65.8 cm³/mol. The average molecular weight is 267 g/mol. The highest BCUT2D eigenvalue weighted by molar-refractivity contribution is 6.29. The molecule has 7 heteroatoms. The minimum Gasteiger partial charge on any atom is -0.399 e. The quantitative estimate of drug-likeness (QED) is 0.644. The summed E-state index contributed by atoms with van der Waals surface area (Å²) in [5.74, 6) is -1.37. The molecule has 18 heavy (non-hydrogen) atoms. The third-order valence-electron chi connectivity index (χ3n) is 2.08. The fraction of sp³-hybridized carbons (Fsp3) is 0. The third-order valence-corrected chi connectivity index (χ3v) is 2.29. The molecule has 0 saturated heterocycles. The highest BCUT2D eigenvalue weighted by atomic mass is 35.5. The molecule has 3 N–H and O–H groups in total. The van der Waals surface area contributed by atoms with Gasteiger partial charge in [0.25, 0.3) is 5.91 Å². The second kappa shape index (κ2) is 4.97. The lowest BCUT2D eigenvalue weighted by Crippen LogP contribution is -2.16. The monoisotopic (exact) mass is 266 g/mol. The fourth-order valence-corrected chi connectivity index (χ4v) is 1.42. The van der Waals surface area contributed by atoms with Crippen molar-refractivity contribution in [3.8, 4) is 0 Å². The van der Waals surface area contributed by atoms with Crippen LogP contribution >= 0.6 is 11.6 Å². The van der Waals surface area contributed by atoms with E-state index in [0.29, 0.717) is 0 Å². The number of aromatic nitrogens is 2. The van der Waals surface area contributed by atoms with Gasteiger partial charge < -0.3 is 5.73 Å². The molecule has 1 aromatic carbocycles. The summed E-state index contributed by atoms with van der Waals surface area (Å²) in [7, 11) is 0. The van der Waals surface area contributed by atoms with Gasteiger partial charge in [-0.2, -0.15) is 0 Å². The van der Waals surface area contributed by atoms with Gasteiger partial charge in [0.15, 0.2) is 0 Å². The van der Waals surface area contributed by atoms with Crippen LogP contribution in [0.2, 0.25) is 5.15 Å². The van der Waals surface area contributed by atoms with Gasteiger partial charge in [0.05, 0.1) is 5.56 Å². The summed E-state index contributed by atoms with van der Waals surface area (Å²) < 4.78 is 13.4. The molecule has 0 saturated carbocycles. The summed E-state index contributed by atoms with van der Waals surface area (Å²) in [6, 6.07) is 5.17. The van der Waals surface area contributed by atoms with Crippen molar-refractivity contribution in [3.05, 3.63) is 47.0 Å². The van der Waals surface area contributed by atoms with E-state index in [9.17, 15) is 9.18 Å². The van der Waals surface area contributed by atoms with E-state index in [1.54, 1.807) is 0 Å². The highest BCUT2D eigenvalue weighted by Gasteiger charge is 2.13. The Bertz CT molecular complexity index is 605. The maximum absolute atomic E-state index is 13.4. The molecular formula is C11H8ClFN4O. The molecule has 0 unspecified atom stereocenters. The first-order valence-corrected chi connectivity index (χ1v) is 5.29. The first kappa shape index (κ1) is 12.3. The molecule has 0 bridgehead atoms. The molecule has 5 nitrogen and oxygen atoms in total. The van der Waals surface area contributed by atoms with Crippen molar-refractivity contribution in [2.24, 2.45) is 0 Å². The van der Waals surface area contributed by atoms with Gasteiger partial charge in [-0.15, -0.1) is 0 Å². The summed E-state index contributed by atoms with van der Waals surface area (Å²) in [5.41, 5.74) is 5.59. The van der Waals surface area contributed by atoms with E-state index in [-0.39, 0.29) is 22.4 Å². The lowest BCUT2D eigenvalue weighted by molar-refractivity contribution is 0.102. The van der Waals surface area contributed by atoms with Crippen molar-refractivity contribution in [2.75, 3.05) is 11.1 Å². The smallest absolute Gasteiger partial charge is 0.261 e. The highest BCUT2D eigenvalue weighted by Crippen LogP contribution is 2.14. The van der Waals surface area contributed by atoms with Gasteiger partial charge >= 0.3 is 0 Å². The van der Waals surface area contributed by atoms with Crippen LogP contribution in [0, 0.1) is 5.82 Å². The number of carbonyl (C=O) groups excluding carboxylic acids is 1. The van der Waals surface area contributed by atoms with Crippen LogP contribution in [0.4, 0.5) is 16.0 Å². The Balaban J connectivity index is 2.24. The molecule has 1 amide bonds. The van der Waals surface area contributed by atoms with Crippen LogP contribution in [-0.2, 0) is 0 Å². The van der Waals surface area contributed by atoms with Crippen LogP contribution < -0.4 is 11.1 Å². The van der Waals surface area contributed by atoms with Crippen molar-refractivity contribution in [3.63, 3.8) is 0 Å². The van der Waals surface area contributed by atoms with Gasteiger partial charge in [-0.3, -0.25) is 10.1 Å². The Morgan fingerprint density at radius 3 is 2.89 bits per heavy atom. The standard InChI is InChI=1S/C11H8ClFN4O/c12-9-3-4-15-11(16-9)17-10(18)7-5-6(14)1-2-8(7)13/h1-5H,14H2,(H,15,16,17,18). The predicted octanol–water partition coefficient (Wildman–Crippen LogP) is 2.10. The van der Waals surface area contributed by atoms with Crippen LogP contribution in [0.3, 0.4) is 0 Å². The number of hydrogen-bond acceptors (Lipinski definition) is 4. The van der Waals surface area contributed by atoms with E-state index < -0.39 is 11.7 Å². The number of nitrogen functional groups attached to an aromatic ring is 1. The zero-order valence-electron chi connectivity index (χ0n) is 9.02. The molecule has 0 radical (unpaired) electrons. The van der Waals surface area contributed by atoms with Gasteiger partial charge in [0.2, 0.25) is 5.95 Å². The normalized spacial score (nSPS) is 10.1. The van der Waals surface area contributed by atoms with Gasteiger partial charge in [0.1, 0.15) is 11.0 Å². The second-order valence-corrected chi connectivity index (χ2v) is 3.78. The topological polar surface area (TPSA) is 80.9 Å². The van der Waals surface area contributed by atoms with E-state index in [2.05, 4.69) is 15.3 Å². The van der Waals surface area contributed by atoms with E-state index in [1.165, 1.54) is 24.4 Å². The summed E-state index contributed by atoms with van der Waals surface area (Å²) in [4.78, 5) is 19.3. The van der Waals surface area contributed by atoms with Crippen molar-refractivity contribution in [2.45, 2.75) is 0 Å². The number of carbonyl (C=O) groups is 1. The molecule has 0 fully saturated rings. The Morgan fingerprint density at radius 1 is 1.39 bits per heavy atom. The van der Waals surface area contributed by atoms with Crippen molar-refractivity contribution >= 4 is 29.1 Å². The number of rotatable bonds is 2. The number of nitrogens with zero attached hydrogens (tertiary/aromatic N) is 2. The van der Waals surface area contributed by atoms with E-state index in [0.717, 1.165) is 6.07 Å². The maximum Gasteiger partial charge on any atom is 0.261 e. The molecule has 0 aliphatic carbocycles. The molecule has 92 valence electrons. The fourth-order valence-electron chi connectivity index (χ4n) is 1.28. The third kappa shape index (κ3) is 2.72. The molecule has 0 spiro atoms. The number of amides is 1. The molecule has 2 rings (SSSR count). The average Bonchev–Trinajstić information content (AvgIpc) is 2.32. The van der Waals surface area contributed by atoms with Crippen molar-refractivity contribution in [1.29, 1.82) is 0 Å². The summed E-state index contributed by atoms with van der Waals surface area (Å²) in [6.07, 6.45) is 1.38. The molecule has 0 aliphatic heterocycles. The Hall–Kier alpha value is -2.21. The SMILES string of the molecule is Nc1ccc(F)c(C(=O)Nc2nccc(Cl)n2)c1. The maximum atomic E-state index is 13.4. The Morgan fingerprint density at radius 2 is 2.17 bits per heavy atom. The van der Waals surface area contributed by atoms with Gasteiger partial charge in [-0.25, -0.2) is 14.4 Å². The minimum absolute atomic E-state index is 0.00526. The second-order valence-electron chi connectivity index (χ2n) is 3.40. The Kier molecular flexibility index (Phi) is 3.38. The van der Waals surface area contributed by atoms with Gasteiger partial charge in [-0.05, 0) is 24.3 Å². The minimum atomic E-state index is -0.693. The lowest BCUT2D eigenvalue weighted by atomic mass is 10.2. The molecule has 0 aliphatic rings. The first-order valence-electron chi connectivity index (χ1n) is 4.91. The largest absolute Gasteiger partial charge is 0.399 e. The summed E-state index contributed by atoms with van der Waals surface area (Å²) >= 11 is 5.63. The van der Waals surface area contributed by atoms with Crippen molar-refractivity contribution in [1.82, 2.24) is 9.97 Å². The van der Waals surface area contributed by atoms with E-state index in [4.69, 9.17) is 17.3 Å². The van der Waals surface area contributed by atoms with Crippen LogP contribution in [0.1, 0.15) is 10.4 Å². The van der Waals surface area contributed by atoms with Crippen LogP contribution in [0.5, 0.6) is 0 Å². The molecule has 1 heterocycles. The zero-order chi connectivity index (χ0) is 13.1. The van der Waals surface area contributed by atoms with Crippen molar-refractivity contribution < 1.29 is 9.18 Å². The number of benzene rings is 1. The lowest BCUT2D eigenvalue weighted by Gasteiger charge is -2.05. The van der Waals surface area contributed by atoms with Gasteiger partial charge in [-0.1, -0.05) is 11.6 Å². The summed E-state index contributed by atoms with van der Waals surface area (Å²) in [5, 5.41) is 2.50. The van der Waals surface area contributed by atoms with Crippen LogP contribution in [0.15, 0.2) is 30.5 Å². The molecule has 1 aromatic heterocycles. The van der Waals surface area contributed by atoms with Crippen LogP contribution in [0.25, 0.3) is 0 Å². The molecule has 0 atom stereocenters. The summed E-state index contributed by atoms with van der Waals surface area (Å²) in [6.45, 7) is 0. The van der Waals surface area contributed by atoms with E-state index in [1.807, 2.05) is 0 Å². The van der Waals surface area contributed by atoms with Gasteiger partial charge in [0, 0.05) is 11.9 Å². The van der Waals surface area contributed by atoms with Crippen LogP contribution in [-0.4, -0.2) is 15.9 Å². The zero-order valence-corrected chi connectivity index (χ0v) is 9.78. The first-order chi connectivity index (χ1) is 8.56. The number of nitrogens with two attached hydrogens (primary N) is 1. The van der Waals surface area contributed by atoms with E-state index >= 15 is 0 Å². The number of hydrogen-bond donors (Lipinski definition) is 2. The molecule has 2 aromatic rings. The molecular weight excluding hydrogens is 259 g/mol.